The maximum absolute atomic E-state index is 10.0. The minimum atomic E-state index is 0.290. The number of rotatable bonds is 2. The lowest BCUT2D eigenvalue weighted by molar-refractivity contribution is 0.163. The van der Waals surface area contributed by atoms with Gasteiger partial charge in [0.15, 0.2) is 11.5 Å². The molecular formula is C13H18N2O3. The molecule has 0 aromatic heterocycles. The van der Waals surface area contributed by atoms with Crippen LogP contribution in [0.15, 0.2) is 12.1 Å². The number of hydrogen-bond acceptors (Lipinski definition) is 5. The molecule has 1 aromatic carbocycles. The minimum Gasteiger partial charge on any atom is -0.507 e. The molecule has 0 spiro atoms. The third-order valence-electron chi connectivity index (χ3n) is 3.38. The summed E-state index contributed by atoms with van der Waals surface area (Å²) >= 11 is 0. The monoisotopic (exact) mass is 250 g/mol. The first-order valence-electron chi connectivity index (χ1n) is 6.38. The van der Waals surface area contributed by atoms with Crippen LogP contribution in [-0.2, 0) is 6.54 Å². The van der Waals surface area contributed by atoms with Crippen LogP contribution in [0.5, 0.6) is 17.2 Å². The quantitative estimate of drug-likeness (QED) is 0.803. The Kier molecular flexibility index (Phi) is 3.25. The van der Waals surface area contributed by atoms with Crippen molar-refractivity contribution >= 4 is 0 Å². The molecule has 0 atom stereocenters. The van der Waals surface area contributed by atoms with Gasteiger partial charge in [0.25, 0.3) is 0 Å². The van der Waals surface area contributed by atoms with E-state index in [2.05, 4.69) is 10.2 Å². The van der Waals surface area contributed by atoms with Gasteiger partial charge in [-0.25, -0.2) is 0 Å². The van der Waals surface area contributed by atoms with Crippen molar-refractivity contribution in [2.45, 2.75) is 6.54 Å². The molecule has 0 bridgehead atoms. The van der Waals surface area contributed by atoms with Crippen LogP contribution in [0, 0.1) is 0 Å². The lowest BCUT2D eigenvalue weighted by Gasteiger charge is -2.29. The van der Waals surface area contributed by atoms with Gasteiger partial charge in [0.2, 0.25) is 0 Å². The fourth-order valence-electron chi connectivity index (χ4n) is 2.41. The van der Waals surface area contributed by atoms with E-state index >= 15 is 0 Å². The topological polar surface area (TPSA) is 54.0 Å². The van der Waals surface area contributed by atoms with E-state index in [1.165, 1.54) is 0 Å². The zero-order valence-electron chi connectivity index (χ0n) is 10.3. The SMILES string of the molecule is Oc1ccc2c(c1CN1CCNCC1)OCCO2. The second kappa shape index (κ2) is 5.04. The first-order valence-corrected chi connectivity index (χ1v) is 6.38. The van der Waals surface area contributed by atoms with Crippen molar-refractivity contribution in [1.29, 1.82) is 0 Å². The summed E-state index contributed by atoms with van der Waals surface area (Å²) in [6, 6.07) is 3.45. The van der Waals surface area contributed by atoms with E-state index in [9.17, 15) is 5.11 Å². The van der Waals surface area contributed by atoms with Crippen LogP contribution in [0.4, 0.5) is 0 Å². The number of fused-ring (bicyclic) bond motifs is 1. The van der Waals surface area contributed by atoms with Crippen molar-refractivity contribution in [3.63, 3.8) is 0 Å². The van der Waals surface area contributed by atoms with E-state index in [4.69, 9.17) is 9.47 Å². The van der Waals surface area contributed by atoms with Crippen LogP contribution in [0.3, 0.4) is 0 Å². The average Bonchev–Trinajstić information content (AvgIpc) is 2.43. The van der Waals surface area contributed by atoms with Gasteiger partial charge in [0, 0.05) is 32.7 Å². The van der Waals surface area contributed by atoms with Gasteiger partial charge in [-0.15, -0.1) is 0 Å². The molecule has 0 saturated carbocycles. The predicted octanol–water partition coefficient (Wildman–Crippen LogP) is 0.569. The lowest BCUT2D eigenvalue weighted by Crippen LogP contribution is -2.43. The van der Waals surface area contributed by atoms with Gasteiger partial charge in [-0.2, -0.15) is 0 Å². The van der Waals surface area contributed by atoms with E-state index < -0.39 is 0 Å². The summed E-state index contributed by atoms with van der Waals surface area (Å²) in [6.07, 6.45) is 0. The Hall–Kier alpha value is -1.46. The highest BCUT2D eigenvalue weighted by Gasteiger charge is 2.21. The maximum atomic E-state index is 10.0. The van der Waals surface area contributed by atoms with Crippen LogP contribution in [0.25, 0.3) is 0 Å². The van der Waals surface area contributed by atoms with Crippen molar-refractivity contribution in [3.8, 4) is 17.2 Å². The zero-order chi connectivity index (χ0) is 12.4. The second-order valence-corrected chi connectivity index (χ2v) is 4.61. The summed E-state index contributed by atoms with van der Waals surface area (Å²) in [6.45, 7) is 5.80. The van der Waals surface area contributed by atoms with Gasteiger partial charge in [0.1, 0.15) is 19.0 Å². The van der Waals surface area contributed by atoms with E-state index in [-0.39, 0.29) is 5.75 Å². The summed E-state index contributed by atoms with van der Waals surface area (Å²) in [7, 11) is 0. The van der Waals surface area contributed by atoms with Gasteiger partial charge in [-0.3, -0.25) is 4.90 Å². The number of ether oxygens (including phenoxy) is 2. The highest BCUT2D eigenvalue weighted by atomic mass is 16.6. The number of phenolic OH excluding ortho intramolecular Hbond substituents is 1. The van der Waals surface area contributed by atoms with Gasteiger partial charge < -0.3 is 19.9 Å². The zero-order valence-corrected chi connectivity index (χ0v) is 10.3. The first kappa shape index (κ1) is 11.6. The predicted molar refractivity (Wildman–Crippen MR) is 67.2 cm³/mol. The lowest BCUT2D eigenvalue weighted by atomic mass is 10.1. The summed E-state index contributed by atoms with van der Waals surface area (Å²) in [5, 5.41) is 13.3. The van der Waals surface area contributed by atoms with Crippen molar-refractivity contribution < 1.29 is 14.6 Å². The number of nitrogens with zero attached hydrogens (tertiary/aromatic N) is 1. The van der Waals surface area contributed by atoms with Crippen LogP contribution in [0.2, 0.25) is 0 Å². The number of benzene rings is 1. The summed E-state index contributed by atoms with van der Waals surface area (Å²) in [5.41, 5.74) is 0.842. The standard InChI is InChI=1S/C13H18N2O3/c16-11-1-2-12-13(18-8-7-17-12)10(11)9-15-5-3-14-4-6-15/h1-2,14,16H,3-9H2. The largest absolute Gasteiger partial charge is 0.507 e. The van der Waals surface area contributed by atoms with Crippen molar-refractivity contribution in [2.75, 3.05) is 39.4 Å². The molecule has 2 aliphatic heterocycles. The second-order valence-electron chi connectivity index (χ2n) is 4.61. The Morgan fingerprint density at radius 3 is 2.78 bits per heavy atom. The number of phenols is 1. The average molecular weight is 250 g/mol. The summed E-state index contributed by atoms with van der Waals surface area (Å²) < 4.78 is 11.2. The normalized spacial score (nSPS) is 19.8. The Labute approximate surface area is 106 Å². The molecule has 2 N–H and O–H groups in total. The molecule has 5 nitrogen and oxygen atoms in total. The molecule has 3 rings (SSSR count). The Balaban J connectivity index is 1.85. The Morgan fingerprint density at radius 1 is 1.17 bits per heavy atom. The fraction of sp³-hybridized carbons (Fsp3) is 0.538. The summed E-state index contributed by atoms with van der Waals surface area (Å²) in [5.74, 6) is 1.74. The minimum absolute atomic E-state index is 0.290. The molecule has 2 aliphatic rings. The molecule has 1 saturated heterocycles. The molecule has 2 heterocycles. The molecule has 0 amide bonds. The third-order valence-corrected chi connectivity index (χ3v) is 3.38. The maximum Gasteiger partial charge on any atom is 0.169 e. The Bertz CT molecular complexity index is 430. The van der Waals surface area contributed by atoms with Crippen molar-refractivity contribution in [2.24, 2.45) is 0 Å². The van der Waals surface area contributed by atoms with Gasteiger partial charge in [-0.05, 0) is 12.1 Å². The highest BCUT2D eigenvalue weighted by Crippen LogP contribution is 2.39. The molecule has 0 radical (unpaired) electrons. The van der Waals surface area contributed by atoms with Crippen LogP contribution >= 0.6 is 0 Å². The van der Waals surface area contributed by atoms with Crippen LogP contribution in [-0.4, -0.2) is 49.4 Å². The number of piperazine rings is 1. The first-order chi connectivity index (χ1) is 8.84. The van der Waals surface area contributed by atoms with E-state index in [0.29, 0.717) is 25.5 Å². The molecule has 1 aromatic rings. The van der Waals surface area contributed by atoms with E-state index in [1.807, 2.05) is 0 Å². The molecule has 0 unspecified atom stereocenters. The summed E-state index contributed by atoms with van der Waals surface area (Å²) in [4.78, 5) is 2.31. The molecule has 0 aliphatic carbocycles. The van der Waals surface area contributed by atoms with Crippen LogP contribution in [0.1, 0.15) is 5.56 Å². The molecule has 5 heteroatoms. The number of nitrogens with one attached hydrogen (secondary N) is 1. The molecule has 98 valence electrons. The smallest absolute Gasteiger partial charge is 0.169 e. The van der Waals surface area contributed by atoms with Crippen LogP contribution < -0.4 is 14.8 Å². The number of aromatic hydroxyl groups is 1. The molecule has 1 fully saturated rings. The fourth-order valence-corrected chi connectivity index (χ4v) is 2.41. The van der Waals surface area contributed by atoms with Gasteiger partial charge in [0.05, 0.1) is 5.56 Å². The third kappa shape index (κ3) is 2.23. The molecule has 18 heavy (non-hydrogen) atoms. The van der Waals surface area contributed by atoms with Gasteiger partial charge in [-0.1, -0.05) is 0 Å². The van der Waals surface area contributed by atoms with E-state index in [1.54, 1.807) is 12.1 Å². The number of hydrogen-bond donors (Lipinski definition) is 2. The van der Waals surface area contributed by atoms with Gasteiger partial charge >= 0.3 is 0 Å². The van der Waals surface area contributed by atoms with E-state index in [0.717, 1.165) is 37.5 Å². The molecular weight excluding hydrogens is 232 g/mol. The Morgan fingerprint density at radius 2 is 1.94 bits per heavy atom. The van der Waals surface area contributed by atoms with Crippen molar-refractivity contribution in [3.05, 3.63) is 17.7 Å². The van der Waals surface area contributed by atoms with Crippen molar-refractivity contribution in [1.82, 2.24) is 10.2 Å². The highest BCUT2D eigenvalue weighted by molar-refractivity contribution is 5.54.